The lowest BCUT2D eigenvalue weighted by molar-refractivity contribution is -0.00428. The summed E-state index contributed by atoms with van der Waals surface area (Å²) in [6, 6.07) is 7.68. The van der Waals surface area contributed by atoms with E-state index in [1.165, 1.54) is 0 Å². The van der Waals surface area contributed by atoms with Gasteiger partial charge in [0.05, 0.1) is 25.7 Å². The van der Waals surface area contributed by atoms with Gasteiger partial charge in [-0.25, -0.2) is 0 Å². The molecule has 1 unspecified atom stereocenters. The number of unbranched alkanes of at least 4 members (excludes halogenated alkanes) is 2. The third-order valence-corrected chi connectivity index (χ3v) is 8.24. The summed E-state index contributed by atoms with van der Waals surface area (Å²) >= 11 is 1.02. The van der Waals surface area contributed by atoms with Crippen molar-refractivity contribution in [3.8, 4) is 34.6 Å². The zero-order valence-electron chi connectivity index (χ0n) is 23.5. The molecule has 0 bridgehead atoms. The summed E-state index contributed by atoms with van der Waals surface area (Å²) in [6.45, 7) is 7.34. The van der Waals surface area contributed by atoms with Gasteiger partial charge in [-0.05, 0) is 50.3 Å². The van der Waals surface area contributed by atoms with Crippen LogP contribution >= 0.6 is 11.3 Å². The van der Waals surface area contributed by atoms with Crippen LogP contribution in [0.5, 0.6) is 34.6 Å². The fraction of sp³-hybridized carbons (Fsp3) is 0.500. The number of aromatic amines is 1. The smallest absolute Gasteiger partial charge is 0.307 e. The number of rotatable bonds is 13. The standard InChI is InChI=1S/C30H39NO7S/c1-6-8-9-16-36-24-19(3)22-14-15-30(7-2,38-25(22)27(35-5)26(24)34-4)18-37-21-12-10-20(11-13-21)17-23-28(32)31-29(33)39-23/h10-13,32H,6-9,14-18H2,1-5H3,(H,31,33). The number of thiazole rings is 1. The van der Waals surface area contributed by atoms with Crippen LogP contribution in [0.25, 0.3) is 0 Å². The number of aromatic hydroxyl groups is 1. The first-order valence-corrected chi connectivity index (χ1v) is 14.4. The third-order valence-electron chi connectivity index (χ3n) is 7.37. The molecule has 1 aromatic heterocycles. The van der Waals surface area contributed by atoms with E-state index in [-0.39, 0.29) is 10.8 Å². The number of hydrogen-bond acceptors (Lipinski definition) is 8. The van der Waals surface area contributed by atoms with E-state index in [4.69, 9.17) is 23.7 Å². The van der Waals surface area contributed by atoms with E-state index in [1.807, 2.05) is 24.3 Å². The van der Waals surface area contributed by atoms with Gasteiger partial charge in [-0.15, -0.1) is 0 Å². The Kier molecular flexibility index (Phi) is 9.32. The van der Waals surface area contributed by atoms with Crippen molar-refractivity contribution in [2.24, 2.45) is 0 Å². The van der Waals surface area contributed by atoms with Crippen molar-refractivity contribution in [2.45, 2.75) is 71.3 Å². The van der Waals surface area contributed by atoms with Crippen molar-refractivity contribution in [1.29, 1.82) is 0 Å². The van der Waals surface area contributed by atoms with Crippen LogP contribution in [0.4, 0.5) is 0 Å². The molecule has 0 radical (unpaired) electrons. The van der Waals surface area contributed by atoms with Crippen molar-refractivity contribution in [1.82, 2.24) is 4.98 Å². The molecular formula is C30H39NO7S. The quantitative estimate of drug-likeness (QED) is 0.242. The van der Waals surface area contributed by atoms with Crippen LogP contribution in [0.3, 0.4) is 0 Å². The molecule has 0 aliphatic carbocycles. The predicted molar refractivity (Wildman–Crippen MR) is 153 cm³/mol. The maximum absolute atomic E-state index is 11.5. The molecule has 0 saturated heterocycles. The molecule has 0 fully saturated rings. The van der Waals surface area contributed by atoms with Gasteiger partial charge >= 0.3 is 4.87 Å². The Morgan fingerprint density at radius 3 is 2.41 bits per heavy atom. The second-order valence-corrected chi connectivity index (χ2v) is 11.0. The van der Waals surface area contributed by atoms with Crippen LogP contribution in [-0.2, 0) is 12.8 Å². The summed E-state index contributed by atoms with van der Waals surface area (Å²) < 4.78 is 30.7. The monoisotopic (exact) mass is 557 g/mol. The Hall–Kier alpha value is -3.33. The highest BCUT2D eigenvalue weighted by Gasteiger charge is 2.40. The first-order chi connectivity index (χ1) is 18.8. The fourth-order valence-electron chi connectivity index (χ4n) is 4.95. The normalized spacial score (nSPS) is 16.3. The van der Waals surface area contributed by atoms with Crippen LogP contribution in [-0.4, -0.2) is 43.1 Å². The Labute approximate surface area is 233 Å². The van der Waals surface area contributed by atoms with Crippen LogP contribution in [0.1, 0.15) is 67.5 Å². The van der Waals surface area contributed by atoms with Crippen molar-refractivity contribution >= 4 is 11.3 Å². The predicted octanol–water partition coefficient (Wildman–Crippen LogP) is 6.18. The van der Waals surface area contributed by atoms with Crippen LogP contribution < -0.4 is 28.6 Å². The van der Waals surface area contributed by atoms with Gasteiger partial charge < -0.3 is 28.8 Å². The lowest BCUT2D eigenvalue weighted by atomic mass is 9.87. The fourth-order valence-corrected chi connectivity index (χ4v) is 5.71. The minimum atomic E-state index is -0.525. The zero-order chi connectivity index (χ0) is 28.0. The average molecular weight is 558 g/mol. The number of aromatic nitrogens is 1. The topological polar surface area (TPSA) is 99.2 Å². The number of ether oxygens (including phenoxy) is 5. The van der Waals surface area contributed by atoms with Gasteiger partial charge in [0, 0.05) is 17.5 Å². The maximum atomic E-state index is 11.5. The number of fused-ring (bicyclic) bond motifs is 1. The summed E-state index contributed by atoms with van der Waals surface area (Å²) in [5.74, 6) is 3.21. The lowest BCUT2D eigenvalue weighted by Gasteiger charge is -2.39. The first kappa shape index (κ1) is 28.7. The van der Waals surface area contributed by atoms with Crippen LogP contribution in [0.2, 0.25) is 0 Å². The van der Waals surface area contributed by atoms with Gasteiger partial charge in [-0.3, -0.25) is 9.78 Å². The van der Waals surface area contributed by atoms with E-state index < -0.39 is 5.60 Å². The highest BCUT2D eigenvalue weighted by Crippen LogP contribution is 2.53. The number of hydrogen-bond donors (Lipinski definition) is 2. The minimum absolute atomic E-state index is 0.0672. The Morgan fingerprint density at radius 1 is 1.05 bits per heavy atom. The minimum Gasteiger partial charge on any atom is -0.494 e. The van der Waals surface area contributed by atoms with Crippen molar-refractivity contribution in [3.05, 3.63) is 55.5 Å². The zero-order valence-corrected chi connectivity index (χ0v) is 24.3. The second-order valence-electron chi connectivity index (χ2n) is 9.92. The van der Waals surface area contributed by atoms with Crippen LogP contribution in [0.15, 0.2) is 29.1 Å². The Balaban J connectivity index is 1.50. The summed E-state index contributed by atoms with van der Waals surface area (Å²) in [7, 11) is 3.26. The summed E-state index contributed by atoms with van der Waals surface area (Å²) in [5.41, 5.74) is 2.56. The van der Waals surface area contributed by atoms with E-state index in [9.17, 15) is 9.90 Å². The molecule has 8 nitrogen and oxygen atoms in total. The first-order valence-electron chi connectivity index (χ1n) is 13.6. The van der Waals surface area contributed by atoms with Crippen molar-refractivity contribution in [2.75, 3.05) is 27.4 Å². The molecular weight excluding hydrogens is 518 g/mol. The van der Waals surface area contributed by atoms with Gasteiger partial charge in [0.2, 0.25) is 17.4 Å². The molecule has 9 heteroatoms. The molecule has 1 aliphatic heterocycles. The van der Waals surface area contributed by atoms with Crippen molar-refractivity contribution < 1.29 is 28.8 Å². The van der Waals surface area contributed by atoms with Crippen LogP contribution in [0, 0.1) is 6.92 Å². The molecule has 2 aromatic carbocycles. The summed E-state index contributed by atoms with van der Waals surface area (Å²) in [6.07, 6.45) is 6.08. The van der Waals surface area contributed by atoms with Gasteiger partial charge in [0.25, 0.3) is 0 Å². The summed E-state index contributed by atoms with van der Waals surface area (Å²) in [4.78, 5) is 14.2. The number of nitrogens with one attached hydrogen (secondary N) is 1. The highest BCUT2D eigenvalue weighted by atomic mass is 32.1. The highest BCUT2D eigenvalue weighted by molar-refractivity contribution is 7.09. The van der Waals surface area contributed by atoms with Gasteiger partial charge in [-0.1, -0.05) is 50.2 Å². The largest absolute Gasteiger partial charge is 0.494 e. The van der Waals surface area contributed by atoms with Gasteiger partial charge in [0.15, 0.2) is 11.5 Å². The molecule has 2 heterocycles. The van der Waals surface area contributed by atoms with Crippen molar-refractivity contribution in [3.63, 3.8) is 0 Å². The molecule has 4 rings (SSSR count). The SMILES string of the molecule is CCCCCOc1c(C)c2c(c(OC)c1OC)OC(CC)(COc1ccc(Cc3sc(=O)[nH]c3O)cc1)CC2. The maximum Gasteiger partial charge on any atom is 0.307 e. The van der Waals surface area contributed by atoms with E-state index in [0.717, 1.165) is 78.1 Å². The molecule has 39 heavy (non-hydrogen) atoms. The molecule has 0 saturated carbocycles. The van der Waals surface area contributed by atoms with Gasteiger partial charge in [-0.2, -0.15) is 0 Å². The van der Waals surface area contributed by atoms with Gasteiger partial charge in [0.1, 0.15) is 18.0 Å². The number of methoxy groups -OCH3 is 2. The number of benzene rings is 2. The van der Waals surface area contributed by atoms with E-state index in [0.29, 0.717) is 41.8 Å². The molecule has 212 valence electrons. The number of H-pyrrole nitrogens is 1. The summed E-state index contributed by atoms with van der Waals surface area (Å²) in [5, 5.41) is 9.85. The molecule has 2 N–H and O–H groups in total. The molecule has 3 aromatic rings. The van der Waals surface area contributed by atoms with E-state index in [2.05, 4.69) is 25.8 Å². The van der Waals surface area contributed by atoms with E-state index in [1.54, 1.807) is 14.2 Å². The second kappa shape index (κ2) is 12.7. The molecule has 0 amide bonds. The molecule has 1 aliphatic rings. The molecule has 0 spiro atoms. The molecule has 1 atom stereocenters. The Morgan fingerprint density at radius 2 is 1.79 bits per heavy atom. The average Bonchev–Trinajstić information content (AvgIpc) is 3.27. The third kappa shape index (κ3) is 6.30. The Bertz CT molecular complexity index is 1310. The lowest BCUT2D eigenvalue weighted by Crippen LogP contribution is -2.44. The van der Waals surface area contributed by atoms with E-state index >= 15 is 0 Å².